The highest BCUT2D eigenvalue weighted by atomic mass is 16.5. The number of carbonyl (C=O) groups excluding carboxylic acids is 1. The molecule has 0 aliphatic carbocycles. The molecule has 1 aromatic carbocycles. The standard InChI is InChI=1S/C19H27N5O2/c1-14(2)9-17-12-26-8-7-24(17)11-15-5-4-6-16(10-15)18(25)21-19-20-13-23(3)22-19/h4-6,10,13-14,17H,7-9,11-12H2,1-3H3,(H,21,22,25)/t17-/m0/s1. The number of morpholine rings is 1. The molecule has 1 atom stereocenters. The van der Waals surface area contributed by atoms with Crippen molar-refractivity contribution in [2.24, 2.45) is 13.0 Å². The first-order chi connectivity index (χ1) is 12.5. The van der Waals surface area contributed by atoms with Crippen LogP contribution in [0.15, 0.2) is 30.6 Å². The van der Waals surface area contributed by atoms with Crippen LogP contribution in [-0.4, -0.2) is 51.4 Å². The van der Waals surface area contributed by atoms with Gasteiger partial charge in [0.25, 0.3) is 5.91 Å². The van der Waals surface area contributed by atoms with Crippen LogP contribution in [0.2, 0.25) is 0 Å². The van der Waals surface area contributed by atoms with Crippen LogP contribution in [0.4, 0.5) is 5.95 Å². The number of carbonyl (C=O) groups is 1. The predicted molar refractivity (Wildman–Crippen MR) is 99.9 cm³/mol. The summed E-state index contributed by atoms with van der Waals surface area (Å²) in [6.07, 6.45) is 2.67. The second kappa shape index (κ2) is 8.42. The Balaban J connectivity index is 1.67. The summed E-state index contributed by atoms with van der Waals surface area (Å²) < 4.78 is 7.21. The van der Waals surface area contributed by atoms with Crippen molar-refractivity contribution < 1.29 is 9.53 Å². The van der Waals surface area contributed by atoms with E-state index < -0.39 is 0 Å². The van der Waals surface area contributed by atoms with Crippen molar-refractivity contribution in [2.45, 2.75) is 32.9 Å². The number of ether oxygens (including phenoxy) is 1. The molecule has 2 heterocycles. The van der Waals surface area contributed by atoms with Gasteiger partial charge in [0.05, 0.1) is 13.2 Å². The molecule has 7 nitrogen and oxygen atoms in total. The van der Waals surface area contributed by atoms with Crippen molar-refractivity contribution in [2.75, 3.05) is 25.1 Å². The lowest BCUT2D eigenvalue weighted by atomic mass is 10.0. The van der Waals surface area contributed by atoms with Crippen LogP contribution >= 0.6 is 0 Å². The van der Waals surface area contributed by atoms with Crippen LogP contribution in [0.1, 0.15) is 36.2 Å². The topological polar surface area (TPSA) is 72.3 Å². The zero-order valence-corrected chi connectivity index (χ0v) is 15.7. The third-order valence-corrected chi connectivity index (χ3v) is 4.49. The van der Waals surface area contributed by atoms with E-state index in [2.05, 4.69) is 40.2 Å². The van der Waals surface area contributed by atoms with Gasteiger partial charge < -0.3 is 4.74 Å². The van der Waals surface area contributed by atoms with Crippen molar-refractivity contribution >= 4 is 11.9 Å². The summed E-state index contributed by atoms with van der Waals surface area (Å²) in [5, 5.41) is 6.81. The average molecular weight is 357 g/mol. The fourth-order valence-corrected chi connectivity index (χ4v) is 3.27. The molecule has 3 rings (SSSR count). The molecule has 0 saturated carbocycles. The van der Waals surface area contributed by atoms with Gasteiger partial charge in [-0.05, 0) is 30.0 Å². The molecule has 1 fully saturated rings. The molecule has 1 saturated heterocycles. The van der Waals surface area contributed by atoms with Crippen LogP contribution in [0.25, 0.3) is 0 Å². The van der Waals surface area contributed by atoms with E-state index in [9.17, 15) is 4.79 Å². The minimum Gasteiger partial charge on any atom is -0.378 e. The summed E-state index contributed by atoms with van der Waals surface area (Å²) >= 11 is 0. The average Bonchev–Trinajstić information content (AvgIpc) is 3.01. The van der Waals surface area contributed by atoms with Crippen LogP contribution in [0.3, 0.4) is 0 Å². The molecule has 0 spiro atoms. The number of nitrogens with one attached hydrogen (secondary N) is 1. The lowest BCUT2D eigenvalue weighted by Gasteiger charge is -2.36. The molecule has 1 aromatic heterocycles. The minimum atomic E-state index is -0.196. The van der Waals surface area contributed by atoms with Crippen LogP contribution in [-0.2, 0) is 18.3 Å². The molecule has 140 valence electrons. The summed E-state index contributed by atoms with van der Waals surface area (Å²) in [6.45, 7) is 7.77. The van der Waals surface area contributed by atoms with E-state index >= 15 is 0 Å². The maximum Gasteiger partial charge on any atom is 0.258 e. The number of nitrogens with zero attached hydrogens (tertiary/aromatic N) is 4. The third kappa shape index (κ3) is 4.89. The number of aromatic nitrogens is 3. The molecule has 1 aliphatic heterocycles. The van der Waals surface area contributed by atoms with Gasteiger partial charge in [-0.2, -0.15) is 0 Å². The Morgan fingerprint density at radius 2 is 2.27 bits per heavy atom. The molecule has 0 radical (unpaired) electrons. The Kier molecular flexibility index (Phi) is 6.00. The molecule has 26 heavy (non-hydrogen) atoms. The fraction of sp³-hybridized carbons (Fsp3) is 0.526. The molecular weight excluding hydrogens is 330 g/mol. The number of hydrogen-bond acceptors (Lipinski definition) is 5. The third-order valence-electron chi connectivity index (χ3n) is 4.49. The Labute approximate surface area is 154 Å². The molecule has 0 unspecified atom stereocenters. The molecular formula is C19H27N5O2. The van der Waals surface area contributed by atoms with Gasteiger partial charge in [0.15, 0.2) is 0 Å². The quantitative estimate of drug-likeness (QED) is 0.859. The molecule has 7 heteroatoms. The van der Waals surface area contributed by atoms with Crippen molar-refractivity contribution in [3.05, 3.63) is 41.7 Å². The molecule has 1 amide bonds. The summed E-state index contributed by atoms with van der Waals surface area (Å²) in [7, 11) is 1.76. The fourth-order valence-electron chi connectivity index (χ4n) is 3.27. The van der Waals surface area contributed by atoms with Crippen molar-refractivity contribution in [1.29, 1.82) is 0 Å². The van der Waals surface area contributed by atoms with Gasteiger partial charge in [0.2, 0.25) is 5.95 Å². The first-order valence-corrected chi connectivity index (χ1v) is 9.09. The smallest absolute Gasteiger partial charge is 0.258 e. The van der Waals surface area contributed by atoms with Gasteiger partial charge in [-0.3, -0.25) is 19.7 Å². The van der Waals surface area contributed by atoms with Gasteiger partial charge >= 0.3 is 0 Å². The van der Waals surface area contributed by atoms with E-state index in [0.29, 0.717) is 23.5 Å². The Morgan fingerprint density at radius 3 is 3.00 bits per heavy atom. The van der Waals surface area contributed by atoms with E-state index in [1.165, 1.54) is 0 Å². The number of rotatable bonds is 6. The zero-order valence-electron chi connectivity index (χ0n) is 15.7. The van der Waals surface area contributed by atoms with Gasteiger partial charge in [-0.25, -0.2) is 4.98 Å². The lowest BCUT2D eigenvalue weighted by molar-refractivity contribution is -0.0186. The number of anilines is 1. The number of hydrogen-bond donors (Lipinski definition) is 1. The van der Waals surface area contributed by atoms with E-state index in [0.717, 1.165) is 38.3 Å². The highest BCUT2D eigenvalue weighted by Crippen LogP contribution is 2.19. The van der Waals surface area contributed by atoms with Crippen molar-refractivity contribution in [3.8, 4) is 0 Å². The van der Waals surface area contributed by atoms with Crippen LogP contribution in [0, 0.1) is 5.92 Å². The zero-order chi connectivity index (χ0) is 18.5. The lowest BCUT2D eigenvalue weighted by Crippen LogP contribution is -2.45. The van der Waals surface area contributed by atoms with E-state index in [4.69, 9.17) is 4.74 Å². The van der Waals surface area contributed by atoms with E-state index in [1.54, 1.807) is 18.1 Å². The first-order valence-electron chi connectivity index (χ1n) is 9.09. The number of aryl methyl sites for hydroxylation is 1. The molecule has 1 N–H and O–H groups in total. The van der Waals surface area contributed by atoms with Gasteiger partial charge in [0.1, 0.15) is 6.33 Å². The normalized spacial score (nSPS) is 18.2. The van der Waals surface area contributed by atoms with E-state index in [-0.39, 0.29) is 5.91 Å². The second-order valence-electron chi connectivity index (χ2n) is 7.23. The second-order valence-corrected chi connectivity index (χ2v) is 7.23. The summed E-state index contributed by atoms with van der Waals surface area (Å²) in [5.41, 5.74) is 1.74. The molecule has 2 aromatic rings. The maximum absolute atomic E-state index is 12.4. The summed E-state index contributed by atoms with van der Waals surface area (Å²) in [5.74, 6) is 0.749. The molecule has 0 bridgehead atoms. The maximum atomic E-state index is 12.4. The van der Waals surface area contributed by atoms with Crippen molar-refractivity contribution in [3.63, 3.8) is 0 Å². The Hall–Kier alpha value is -2.25. The van der Waals surface area contributed by atoms with Crippen molar-refractivity contribution in [1.82, 2.24) is 19.7 Å². The highest BCUT2D eigenvalue weighted by molar-refractivity contribution is 6.03. The SMILES string of the molecule is CC(C)C[C@H]1COCCN1Cc1cccc(C(=O)Nc2ncn(C)n2)c1. The Bertz CT molecular complexity index is 743. The summed E-state index contributed by atoms with van der Waals surface area (Å²) in [4.78, 5) is 18.9. The number of benzene rings is 1. The Morgan fingerprint density at radius 1 is 1.42 bits per heavy atom. The minimum absolute atomic E-state index is 0.196. The van der Waals surface area contributed by atoms with Crippen LogP contribution in [0.5, 0.6) is 0 Å². The number of amides is 1. The predicted octanol–water partition coefficient (Wildman–Crippen LogP) is 2.31. The van der Waals surface area contributed by atoms with Gasteiger partial charge in [0, 0.05) is 31.7 Å². The first kappa shape index (κ1) is 18.5. The summed E-state index contributed by atoms with van der Waals surface area (Å²) in [6, 6.07) is 8.18. The monoisotopic (exact) mass is 357 g/mol. The molecule has 1 aliphatic rings. The van der Waals surface area contributed by atoms with Gasteiger partial charge in [-0.15, -0.1) is 5.10 Å². The van der Waals surface area contributed by atoms with Gasteiger partial charge in [-0.1, -0.05) is 26.0 Å². The van der Waals surface area contributed by atoms with E-state index in [1.807, 2.05) is 18.2 Å². The highest BCUT2D eigenvalue weighted by Gasteiger charge is 2.24. The largest absolute Gasteiger partial charge is 0.378 e. The van der Waals surface area contributed by atoms with Crippen LogP contribution < -0.4 is 5.32 Å².